The second kappa shape index (κ2) is 9.68. The lowest BCUT2D eigenvalue weighted by Crippen LogP contribution is -2.27. The molecule has 0 aliphatic carbocycles. The van der Waals surface area contributed by atoms with Gasteiger partial charge < -0.3 is 20.1 Å². The first kappa shape index (κ1) is 18.8. The van der Waals surface area contributed by atoms with Crippen molar-refractivity contribution >= 4 is 28.8 Å². The average molecular weight is 362 g/mol. The van der Waals surface area contributed by atoms with Gasteiger partial charge in [-0.05, 0) is 37.4 Å². The third-order valence-corrected chi connectivity index (χ3v) is 4.09. The molecule has 1 aromatic carbocycles. The minimum absolute atomic E-state index is 0.168. The minimum Gasteiger partial charge on any atom is -0.494 e. The molecule has 7 heteroatoms. The molecule has 25 heavy (non-hydrogen) atoms. The first-order valence-electron chi connectivity index (χ1n) is 8.15. The normalized spacial score (nSPS) is 10.2. The number of amides is 2. The molecule has 0 saturated carbocycles. The molecule has 0 fully saturated rings. The molecule has 0 aliphatic rings. The zero-order chi connectivity index (χ0) is 18.1. The van der Waals surface area contributed by atoms with E-state index in [9.17, 15) is 9.59 Å². The van der Waals surface area contributed by atoms with E-state index in [2.05, 4.69) is 10.6 Å². The maximum Gasteiger partial charge on any atom is 0.261 e. The van der Waals surface area contributed by atoms with E-state index < -0.39 is 0 Å². The Morgan fingerprint density at radius 1 is 1.12 bits per heavy atom. The molecule has 0 aliphatic heterocycles. The van der Waals surface area contributed by atoms with Gasteiger partial charge >= 0.3 is 0 Å². The van der Waals surface area contributed by atoms with Crippen molar-refractivity contribution in [2.24, 2.45) is 0 Å². The lowest BCUT2D eigenvalue weighted by molar-refractivity contribution is -0.116. The number of hydrogen-bond donors (Lipinski definition) is 2. The van der Waals surface area contributed by atoms with Crippen LogP contribution in [-0.2, 0) is 4.79 Å². The second-order valence-corrected chi connectivity index (χ2v) is 6.00. The van der Waals surface area contributed by atoms with Gasteiger partial charge in [0, 0.05) is 19.0 Å². The van der Waals surface area contributed by atoms with Gasteiger partial charge in [-0.25, -0.2) is 0 Å². The van der Waals surface area contributed by atoms with Crippen molar-refractivity contribution in [3.8, 4) is 11.5 Å². The zero-order valence-corrected chi connectivity index (χ0v) is 15.2. The summed E-state index contributed by atoms with van der Waals surface area (Å²) in [5.74, 6) is 0.867. The largest absolute Gasteiger partial charge is 0.494 e. The molecule has 0 radical (unpaired) electrons. The van der Waals surface area contributed by atoms with Crippen LogP contribution in [0.4, 0.5) is 5.69 Å². The molecule has 6 nitrogen and oxygen atoms in total. The van der Waals surface area contributed by atoms with Crippen molar-refractivity contribution in [3.05, 3.63) is 40.6 Å². The highest BCUT2D eigenvalue weighted by Gasteiger charge is 2.11. The molecule has 0 atom stereocenters. The van der Waals surface area contributed by atoms with E-state index in [1.807, 2.05) is 25.3 Å². The summed E-state index contributed by atoms with van der Waals surface area (Å²) >= 11 is 1.36. The molecule has 2 amide bonds. The summed E-state index contributed by atoms with van der Waals surface area (Å²) in [4.78, 5) is 24.6. The number of anilines is 1. The topological polar surface area (TPSA) is 76.7 Å². The summed E-state index contributed by atoms with van der Waals surface area (Å²) in [6.45, 7) is 5.06. The summed E-state index contributed by atoms with van der Waals surface area (Å²) in [5.41, 5.74) is 0.558. The number of carbonyl (C=O) groups is 2. The Morgan fingerprint density at radius 3 is 2.60 bits per heavy atom. The number of hydrogen-bond acceptors (Lipinski definition) is 5. The Bertz CT molecular complexity index is 701. The summed E-state index contributed by atoms with van der Waals surface area (Å²) in [5, 5.41) is 7.37. The van der Waals surface area contributed by atoms with Gasteiger partial charge in [0.2, 0.25) is 5.91 Å². The minimum atomic E-state index is -0.207. The fourth-order valence-corrected chi connectivity index (χ4v) is 2.78. The maximum atomic E-state index is 12.1. The van der Waals surface area contributed by atoms with Crippen LogP contribution >= 0.6 is 11.3 Å². The molecule has 0 saturated heterocycles. The van der Waals surface area contributed by atoms with Gasteiger partial charge in [0.15, 0.2) is 0 Å². The van der Waals surface area contributed by atoms with Crippen LogP contribution < -0.4 is 20.1 Å². The third kappa shape index (κ3) is 5.79. The maximum absolute atomic E-state index is 12.1. The number of thiophene rings is 1. The molecule has 0 spiro atoms. The van der Waals surface area contributed by atoms with Crippen LogP contribution in [0, 0.1) is 0 Å². The molecule has 134 valence electrons. The van der Waals surface area contributed by atoms with Crippen molar-refractivity contribution in [2.75, 3.05) is 25.1 Å². The fraction of sp³-hybridized carbons (Fsp3) is 0.333. The van der Waals surface area contributed by atoms with E-state index in [0.29, 0.717) is 35.3 Å². The zero-order valence-electron chi connectivity index (χ0n) is 14.3. The number of ether oxygens (including phenoxy) is 2. The Labute approximate surface area is 151 Å². The Kier molecular flexibility index (Phi) is 7.28. The van der Waals surface area contributed by atoms with Crippen molar-refractivity contribution < 1.29 is 19.1 Å². The Morgan fingerprint density at radius 2 is 1.92 bits per heavy atom. The predicted molar refractivity (Wildman–Crippen MR) is 98.7 cm³/mol. The first-order chi connectivity index (χ1) is 12.1. The highest BCUT2D eigenvalue weighted by molar-refractivity contribution is 7.12. The smallest absolute Gasteiger partial charge is 0.261 e. The van der Waals surface area contributed by atoms with E-state index in [1.54, 1.807) is 24.3 Å². The Balaban J connectivity index is 1.90. The quantitative estimate of drug-likeness (QED) is 0.717. The van der Waals surface area contributed by atoms with Gasteiger partial charge in [-0.2, -0.15) is 0 Å². The number of carbonyl (C=O) groups excluding carboxylic acids is 2. The number of nitrogens with one attached hydrogen (secondary N) is 2. The van der Waals surface area contributed by atoms with Gasteiger partial charge in [-0.1, -0.05) is 6.07 Å². The summed E-state index contributed by atoms with van der Waals surface area (Å²) in [6, 6.07) is 8.85. The van der Waals surface area contributed by atoms with Crippen molar-refractivity contribution in [2.45, 2.75) is 20.3 Å². The van der Waals surface area contributed by atoms with Gasteiger partial charge in [-0.3, -0.25) is 9.59 Å². The first-order valence-corrected chi connectivity index (χ1v) is 9.03. The lowest BCUT2D eigenvalue weighted by Gasteiger charge is -2.13. The van der Waals surface area contributed by atoms with Crippen molar-refractivity contribution in [3.63, 3.8) is 0 Å². The summed E-state index contributed by atoms with van der Waals surface area (Å²) in [7, 11) is 0. The van der Waals surface area contributed by atoms with Crippen molar-refractivity contribution in [1.29, 1.82) is 0 Å². The van der Waals surface area contributed by atoms with Gasteiger partial charge in [0.1, 0.15) is 11.5 Å². The standard InChI is InChI=1S/C18H22N2O4S/c1-3-23-13-7-8-15(24-4-2)14(12-13)20-17(21)9-10-19-18(22)16-6-5-11-25-16/h5-8,11-12H,3-4,9-10H2,1-2H3,(H,19,22)(H,20,21). The molecular formula is C18H22N2O4S. The average Bonchev–Trinajstić information content (AvgIpc) is 3.12. The molecule has 1 aromatic heterocycles. The third-order valence-electron chi connectivity index (χ3n) is 3.22. The lowest BCUT2D eigenvalue weighted by atomic mass is 10.2. The van der Waals surface area contributed by atoms with Crippen molar-refractivity contribution in [1.82, 2.24) is 5.32 Å². The number of benzene rings is 1. The number of rotatable bonds is 9. The van der Waals surface area contributed by atoms with Gasteiger partial charge in [0.05, 0.1) is 23.8 Å². The van der Waals surface area contributed by atoms with Crippen LogP contribution in [-0.4, -0.2) is 31.6 Å². The van der Waals surface area contributed by atoms with E-state index >= 15 is 0 Å². The molecule has 0 unspecified atom stereocenters. The molecule has 1 heterocycles. The van der Waals surface area contributed by atoms with Crippen LogP contribution in [0.5, 0.6) is 11.5 Å². The molecule has 2 rings (SSSR count). The van der Waals surface area contributed by atoms with Crippen LogP contribution in [0.15, 0.2) is 35.7 Å². The van der Waals surface area contributed by atoms with E-state index in [4.69, 9.17) is 9.47 Å². The van der Waals surface area contributed by atoms with E-state index in [-0.39, 0.29) is 24.8 Å². The SMILES string of the molecule is CCOc1ccc(OCC)c(NC(=O)CCNC(=O)c2cccs2)c1. The highest BCUT2D eigenvalue weighted by Crippen LogP contribution is 2.29. The van der Waals surface area contributed by atoms with Crippen LogP contribution in [0.2, 0.25) is 0 Å². The Hall–Kier alpha value is -2.54. The van der Waals surface area contributed by atoms with E-state index in [0.717, 1.165) is 0 Å². The van der Waals surface area contributed by atoms with Gasteiger partial charge in [0.25, 0.3) is 5.91 Å². The van der Waals surface area contributed by atoms with E-state index in [1.165, 1.54) is 11.3 Å². The summed E-state index contributed by atoms with van der Waals surface area (Å²) in [6.07, 6.45) is 0.168. The van der Waals surface area contributed by atoms with Crippen LogP contribution in [0.1, 0.15) is 29.9 Å². The molecule has 0 bridgehead atoms. The van der Waals surface area contributed by atoms with Crippen LogP contribution in [0.3, 0.4) is 0 Å². The monoisotopic (exact) mass is 362 g/mol. The van der Waals surface area contributed by atoms with Gasteiger partial charge in [-0.15, -0.1) is 11.3 Å². The second-order valence-electron chi connectivity index (χ2n) is 5.06. The molecule has 2 N–H and O–H groups in total. The molecule has 2 aromatic rings. The predicted octanol–water partition coefficient (Wildman–Crippen LogP) is 3.30. The highest BCUT2D eigenvalue weighted by atomic mass is 32.1. The fourth-order valence-electron chi connectivity index (χ4n) is 2.14. The summed E-state index contributed by atoms with van der Waals surface area (Å²) < 4.78 is 11.0. The molecular weight excluding hydrogens is 340 g/mol. The van der Waals surface area contributed by atoms with Crippen LogP contribution in [0.25, 0.3) is 0 Å².